The van der Waals surface area contributed by atoms with E-state index >= 15 is 0 Å². The van der Waals surface area contributed by atoms with Gasteiger partial charge in [-0.15, -0.1) is 0 Å². The van der Waals surface area contributed by atoms with Crippen molar-refractivity contribution in [3.8, 4) is 0 Å². The third-order valence-corrected chi connectivity index (χ3v) is 1.84. The molecule has 0 heterocycles. The maximum Gasteiger partial charge on any atom is 0.426 e. The lowest BCUT2D eigenvalue weighted by atomic mass is 9.87. The number of aliphatic hydroxyl groups is 1. The van der Waals surface area contributed by atoms with Crippen LogP contribution in [0.15, 0.2) is 0 Å². The summed E-state index contributed by atoms with van der Waals surface area (Å²) in [6, 6.07) is 0. The Morgan fingerprint density at radius 2 is 1.40 bits per heavy atom. The summed E-state index contributed by atoms with van der Waals surface area (Å²) in [5.41, 5.74) is -5.31. The predicted molar refractivity (Wildman–Crippen MR) is 31.2 cm³/mol. The van der Waals surface area contributed by atoms with Crippen LogP contribution >= 0.6 is 0 Å². The molecule has 0 aliphatic rings. The Morgan fingerprint density at radius 1 is 1.13 bits per heavy atom. The van der Waals surface area contributed by atoms with E-state index in [2.05, 4.69) is 0 Å². The quantitative estimate of drug-likeness (QED) is 0.701. The van der Waals surface area contributed by atoms with Gasteiger partial charge in [0.05, 0.1) is 0 Å². The van der Waals surface area contributed by atoms with Crippen molar-refractivity contribution in [1.82, 2.24) is 0 Å². The Hall–Kier alpha value is -0.990. The summed E-state index contributed by atoms with van der Waals surface area (Å²) in [6.45, 7) is 0.0658. The van der Waals surface area contributed by atoms with Crippen molar-refractivity contribution < 1.29 is 41.4 Å². The van der Waals surface area contributed by atoms with Crippen LogP contribution in [0.1, 0.15) is 6.92 Å². The number of carboxylic acid groups (broad SMARTS) is 1. The molecule has 9 heteroatoms. The van der Waals surface area contributed by atoms with E-state index in [1.165, 1.54) is 0 Å². The normalized spacial score (nSPS) is 16.3. The molecule has 0 amide bonds. The van der Waals surface area contributed by atoms with Crippen LogP contribution in [0.3, 0.4) is 0 Å². The van der Waals surface area contributed by atoms with E-state index in [4.69, 9.17) is 5.11 Å². The molecule has 0 radical (unpaired) electrons. The summed E-state index contributed by atoms with van der Waals surface area (Å²) in [6.07, 6.45) is -12.3. The van der Waals surface area contributed by atoms with Crippen molar-refractivity contribution >= 4 is 5.97 Å². The second kappa shape index (κ2) is 3.54. The molecule has 0 spiro atoms. The van der Waals surface area contributed by atoms with Gasteiger partial charge in [-0.25, -0.2) is 0 Å². The maximum absolute atomic E-state index is 11.9. The van der Waals surface area contributed by atoms with Crippen LogP contribution in [0.5, 0.6) is 0 Å². The van der Waals surface area contributed by atoms with Crippen LogP contribution in [-0.2, 0) is 4.79 Å². The Balaban J connectivity index is 5.53. The number of rotatable bonds is 2. The van der Waals surface area contributed by atoms with E-state index in [9.17, 15) is 36.2 Å². The average molecular weight is 239 g/mol. The second-order valence-electron chi connectivity index (χ2n) is 2.80. The number of aliphatic carboxylic acids is 1. The number of halogens is 6. The summed E-state index contributed by atoms with van der Waals surface area (Å²) in [5.74, 6) is -5.80. The molecular weight excluding hydrogens is 234 g/mol. The van der Waals surface area contributed by atoms with Crippen molar-refractivity contribution in [3.63, 3.8) is 0 Å². The van der Waals surface area contributed by atoms with E-state index in [0.717, 1.165) is 0 Å². The standard InChI is InChI=1S/C6H6F6O3/c1-2(3(13)14)4(15,5(7,8)9)6(10,11)12/h2,15H,1H3,(H,13,14)/p-1. The Kier molecular flexibility index (Phi) is 3.31. The molecule has 0 rings (SSSR count). The van der Waals surface area contributed by atoms with Crippen LogP contribution < -0.4 is 5.11 Å². The minimum atomic E-state index is -6.15. The Bertz CT molecular complexity index is 241. The van der Waals surface area contributed by atoms with Gasteiger partial charge in [0, 0.05) is 11.9 Å². The largest absolute Gasteiger partial charge is 0.550 e. The van der Waals surface area contributed by atoms with Crippen LogP contribution in [0.25, 0.3) is 0 Å². The molecular formula is C6H5F6O3-. The van der Waals surface area contributed by atoms with E-state index in [0.29, 0.717) is 0 Å². The van der Waals surface area contributed by atoms with E-state index < -0.39 is 29.8 Å². The van der Waals surface area contributed by atoms with Crippen LogP contribution in [0.2, 0.25) is 0 Å². The lowest BCUT2D eigenvalue weighted by Crippen LogP contribution is -2.64. The lowest BCUT2D eigenvalue weighted by molar-refractivity contribution is -0.394. The summed E-state index contributed by atoms with van der Waals surface area (Å²) in [7, 11) is 0. The third kappa shape index (κ3) is 2.16. The molecule has 1 unspecified atom stereocenters. The highest BCUT2D eigenvalue weighted by Crippen LogP contribution is 2.47. The number of alkyl halides is 6. The van der Waals surface area contributed by atoms with Gasteiger partial charge in [0.25, 0.3) is 5.60 Å². The summed E-state index contributed by atoms with van der Waals surface area (Å²) >= 11 is 0. The number of hydrogen-bond donors (Lipinski definition) is 1. The summed E-state index contributed by atoms with van der Waals surface area (Å²) in [4.78, 5) is 9.97. The monoisotopic (exact) mass is 239 g/mol. The van der Waals surface area contributed by atoms with Gasteiger partial charge in [0.15, 0.2) is 0 Å². The first-order chi connectivity index (χ1) is 6.35. The molecule has 0 saturated heterocycles. The number of hydrogen-bond acceptors (Lipinski definition) is 3. The molecule has 1 atom stereocenters. The molecule has 0 aromatic carbocycles. The first-order valence-corrected chi connectivity index (χ1v) is 3.42. The zero-order valence-electron chi connectivity index (χ0n) is 7.11. The minimum Gasteiger partial charge on any atom is -0.550 e. The van der Waals surface area contributed by atoms with Gasteiger partial charge < -0.3 is 15.0 Å². The van der Waals surface area contributed by atoms with Crippen LogP contribution in [0, 0.1) is 5.92 Å². The van der Waals surface area contributed by atoms with Gasteiger partial charge in [-0.2, -0.15) is 26.3 Å². The van der Waals surface area contributed by atoms with E-state index in [1.54, 1.807) is 0 Å². The summed E-state index contributed by atoms with van der Waals surface area (Å²) in [5, 5.41) is 18.4. The molecule has 0 aromatic rings. The fraction of sp³-hybridized carbons (Fsp3) is 0.833. The van der Waals surface area contributed by atoms with Crippen molar-refractivity contribution in [2.75, 3.05) is 0 Å². The van der Waals surface area contributed by atoms with Crippen molar-refractivity contribution in [1.29, 1.82) is 0 Å². The minimum absolute atomic E-state index is 0.0658. The van der Waals surface area contributed by atoms with Crippen molar-refractivity contribution in [3.05, 3.63) is 0 Å². The highest BCUT2D eigenvalue weighted by molar-refractivity contribution is 5.69. The van der Waals surface area contributed by atoms with Gasteiger partial charge in [0.1, 0.15) is 0 Å². The SMILES string of the molecule is CC(C(=O)[O-])C(O)(C(F)(F)F)C(F)(F)F. The van der Waals surface area contributed by atoms with E-state index in [-0.39, 0.29) is 6.92 Å². The Morgan fingerprint density at radius 3 is 1.47 bits per heavy atom. The molecule has 1 N–H and O–H groups in total. The fourth-order valence-electron chi connectivity index (χ4n) is 0.822. The molecule has 15 heavy (non-hydrogen) atoms. The van der Waals surface area contributed by atoms with Crippen molar-refractivity contribution in [2.24, 2.45) is 5.92 Å². The molecule has 0 aromatic heterocycles. The average Bonchev–Trinajstić information content (AvgIpc) is 1.96. The van der Waals surface area contributed by atoms with Gasteiger partial charge in [0.2, 0.25) is 0 Å². The molecule has 3 nitrogen and oxygen atoms in total. The first kappa shape index (κ1) is 14.0. The second-order valence-corrected chi connectivity index (χ2v) is 2.80. The zero-order valence-corrected chi connectivity index (χ0v) is 7.11. The number of carboxylic acids is 1. The molecule has 0 saturated carbocycles. The Labute approximate surface area is 79.3 Å². The van der Waals surface area contributed by atoms with E-state index in [1.807, 2.05) is 0 Å². The summed E-state index contributed by atoms with van der Waals surface area (Å²) < 4.78 is 71.7. The number of carbonyl (C=O) groups is 1. The highest BCUT2D eigenvalue weighted by atomic mass is 19.4. The fourth-order valence-corrected chi connectivity index (χ4v) is 0.822. The van der Waals surface area contributed by atoms with Crippen LogP contribution in [-0.4, -0.2) is 29.0 Å². The van der Waals surface area contributed by atoms with Gasteiger partial charge >= 0.3 is 12.4 Å². The third-order valence-electron chi connectivity index (χ3n) is 1.84. The molecule has 90 valence electrons. The zero-order chi connectivity index (χ0) is 12.7. The molecule has 0 aliphatic heterocycles. The predicted octanol–water partition coefficient (Wildman–Crippen LogP) is 0.228. The van der Waals surface area contributed by atoms with Gasteiger partial charge in [-0.3, -0.25) is 0 Å². The molecule has 0 fully saturated rings. The van der Waals surface area contributed by atoms with Crippen LogP contribution in [0.4, 0.5) is 26.3 Å². The molecule has 0 bridgehead atoms. The topological polar surface area (TPSA) is 60.4 Å². The van der Waals surface area contributed by atoms with Crippen molar-refractivity contribution in [2.45, 2.75) is 24.9 Å². The number of carbonyl (C=O) groups excluding carboxylic acids is 1. The van der Waals surface area contributed by atoms with Gasteiger partial charge in [-0.1, -0.05) is 6.92 Å². The highest BCUT2D eigenvalue weighted by Gasteiger charge is 2.73. The first-order valence-electron chi connectivity index (χ1n) is 3.42. The van der Waals surface area contributed by atoms with Gasteiger partial charge in [-0.05, 0) is 0 Å². The molecule has 0 aliphatic carbocycles. The maximum atomic E-state index is 11.9. The lowest BCUT2D eigenvalue weighted by Gasteiger charge is -2.37. The smallest absolute Gasteiger partial charge is 0.426 e.